The van der Waals surface area contributed by atoms with Crippen LogP contribution in [-0.4, -0.2) is 27.4 Å². The van der Waals surface area contributed by atoms with E-state index in [1.54, 1.807) is 30.1 Å². The van der Waals surface area contributed by atoms with Crippen molar-refractivity contribution in [2.75, 3.05) is 7.05 Å². The minimum absolute atomic E-state index is 0.0681. The lowest BCUT2D eigenvalue weighted by Gasteiger charge is -2.18. The van der Waals surface area contributed by atoms with Gasteiger partial charge in [-0.15, -0.1) is 0 Å². The van der Waals surface area contributed by atoms with E-state index in [0.29, 0.717) is 22.5 Å². The lowest BCUT2D eigenvalue weighted by Crippen LogP contribution is -2.33. The first-order valence-electron chi connectivity index (χ1n) is 7.57. The van der Waals surface area contributed by atoms with E-state index in [1.807, 2.05) is 24.3 Å². The van der Waals surface area contributed by atoms with Gasteiger partial charge in [0.05, 0.1) is 17.2 Å². The number of rotatable bonds is 4. The van der Waals surface area contributed by atoms with Crippen molar-refractivity contribution in [2.45, 2.75) is 13.1 Å². The first-order chi connectivity index (χ1) is 11.9. The molecule has 2 aromatic carbocycles. The summed E-state index contributed by atoms with van der Waals surface area (Å²) in [5.74, 6) is -0.173. The number of nitrogens with zero attached hydrogens (tertiary/aromatic N) is 3. The van der Waals surface area contributed by atoms with Crippen molar-refractivity contribution in [3.05, 3.63) is 74.2 Å². The smallest absolute Gasteiger partial charge is 0.261 e. The maximum atomic E-state index is 12.5. The molecule has 0 bridgehead atoms. The number of hydrogen-bond acceptors (Lipinski definition) is 3. The SMILES string of the molecule is CN(Cc1ccc(Br)cc1)C(=O)Cn1cnc2ccc(Cl)cc2c1=O. The van der Waals surface area contributed by atoms with Crippen LogP contribution in [0.25, 0.3) is 10.9 Å². The second kappa shape index (κ2) is 7.37. The van der Waals surface area contributed by atoms with Gasteiger partial charge in [-0.3, -0.25) is 14.2 Å². The fourth-order valence-electron chi connectivity index (χ4n) is 2.46. The number of benzene rings is 2. The Bertz CT molecular complexity index is 986. The van der Waals surface area contributed by atoms with E-state index in [9.17, 15) is 9.59 Å². The van der Waals surface area contributed by atoms with Gasteiger partial charge < -0.3 is 4.90 Å². The van der Waals surface area contributed by atoms with Crippen molar-refractivity contribution in [1.29, 1.82) is 0 Å². The monoisotopic (exact) mass is 419 g/mol. The molecule has 3 rings (SSSR count). The number of aromatic nitrogens is 2. The van der Waals surface area contributed by atoms with Gasteiger partial charge in [0.2, 0.25) is 5.91 Å². The summed E-state index contributed by atoms with van der Waals surface area (Å²) >= 11 is 9.33. The second-order valence-corrected chi connectivity index (χ2v) is 7.07. The predicted octanol–water partition coefficient (Wildman–Crippen LogP) is 3.47. The van der Waals surface area contributed by atoms with Crippen LogP contribution in [0.5, 0.6) is 0 Å². The van der Waals surface area contributed by atoms with Crippen LogP contribution in [0.15, 0.2) is 58.1 Å². The molecule has 0 aliphatic carbocycles. The molecule has 0 saturated heterocycles. The molecule has 1 heterocycles. The minimum Gasteiger partial charge on any atom is -0.340 e. The van der Waals surface area contributed by atoms with E-state index in [0.717, 1.165) is 10.0 Å². The highest BCUT2D eigenvalue weighted by atomic mass is 79.9. The molecule has 0 saturated carbocycles. The number of fused-ring (bicyclic) bond motifs is 1. The van der Waals surface area contributed by atoms with Gasteiger partial charge in [0.15, 0.2) is 0 Å². The molecule has 0 spiro atoms. The Morgan fingerprint density at radius 1 is 1.24 bits per heavy atom. The summed E-state index contributed by atoms with van der Waals surface area (Å²) in [6.45, 7) is 0.398. The Labute approximate surface area is 158 Å². The molecule has 0 N–H and O–H groups in total. The van der Waals surface area contributed by atoms with Crippen molar-refractivity contribution in [3.8, 4) is 0 Å². The lowest BCUT2D eigenvalue weighted by molar-refractivity contribution is -0.131. The largest absolute Gasteiger partial charge is 0.340 e. The maximum Gasteiger partial charge on any atom is 0.261 e. The summed E-state index contributed by atoms with van der Waals surface area (Å²) in [5, 5.41) is 0.862. The lowest BCUT2D eigenvalue weighted by atomic mass is 10.2. The molecule has 128 valence electrons. The van der Waals surface area contributed by atoms with Crippen LogP contribution in [0.2, 0.25) is 5.02 Å². The summed E-state index contributed by atoms with van der Waals surface area (Å²) in [4.78, 5) is 30.8. The van der Waals surface area contributed by atoms with E-state index < -0.39 is 0 Å². The van der Waals surface area contributed by atoms with Crippen molar-refractivity contribution in [1.82, 2.24) is 14.5 Å². The topological polar surface area (TPSA) is 55.2 Å². The van der Waals surface area contributed by atoms with Gasteiger partial charge in [-0.2, -0.15) is 0 Å². The molecule has 0 aliphatic rings. The van der Waals surface area contributed by atoms with E-state index in [4.69, 9.17) is 11.6 Å². The van der Waals surface area contributed by atoms with E-state index >= 15 is 0 Å². The zero-order chi connectivity index (χ0) is 18.0. The highest BCUT2D eigenvalue weighted by Gasteiger charge is 2.13. The van der Waals surface area contributed by atoms with E-state index in [-0.39, 0.29) is 18.0 Å². The summed E-state index contributed by atoms with van der Waals surface area (Å²) in [5.41, 5.74) is 1.29. The molecule has 5 nitrogen and oxygen atoms in total. The third-order valence-corrected chi connectivity index (χ3v) is 4.61. The zero-order valence-corrected chi connectivity index (χ0v) is 15.8. The van der Waals surface area contributed by atoms with Crippen molar-refractivity contribution in [3.63, 3.8) is 0 Å². The number of halogens is 2. The number of amides is 1. The average Bonchev–Trinajstić information content (AvgIpc) is 2.59. The highest BCUT2D eigenvalue weighted by Crippen LogP contribution is 2.14. The van der Waals surface area contributed by atoms with Crippen molar-refractivity contribution < 1.29 is 4.79 Å². The highest BCUT2D eigenvalue weighted by molar-refractivity contribution is 9.10. The number of likely N-dealkylation sites (N-methyl/N-ethyl adjacent to an activating group) is 1. The van der Waals surface area contributed by atoms with Gasteiger partial charge in [-0.1, -0.05) is 39.7 Å². The Morgan fingerprint density at radius 3 is 2.68 bits per heavy atom. The molecule has 0 radical (unpaired) electrons. The molecule has 0 aliphatic heterocycles. The third-order valence-electron chi connectivity index (χ3n) is 3.85. The van der Waals surface area contributed by atoms with Crippen LogP contribution in [-0.2, 0) is 17.9 Å². The fraction of sp³-hybridized carbons (Fsp3) is 0.167. The third kappa shape index (κ3) is 4.08. The average molecular weight is 421 g/mol. The van der Waals surface area contributed by atoms with Gasteiger partial charge in [0.1, 0.15) is 6.54 Å². The van der Waals surface area contributed by atoms with Gasteiger partial charge >= 0.3 is 0 Å². The van der Waals surface area contributed by atoms with Crippen molar-refractivity contribution >= 4 is 44.3 Å². The van der Waals surface area contributed by atoms with Crippen LogP contribution in [0.4, 0.5) is 0 Å². The van der Waals surface area contributed by atoms with Gasteiger partial charge in [0.25, 0.3) is 5.56 Å². The minimum atomic E-state index is -0.280. The van der Waals surface area contributed by atoms with E-state index in [2.05, 4.69) is 20.9 Å². The Morgan fingerprint density at radius 2 is 1.96 bits per heavy atom. The standard InChI is InChI=1S/C18H15BrClN3O2/c1-22(9-12-2-4-13(19)5-3-12)17(24)10-23-11-21-16-7-6-14(20)8-15(16)18(23)25/h2-8,11H,9-10H2,1H3. The zero-order valence-electron chi connectivity index (χ0n) is 13.4. The van der Waals surface area contributed by atoms with Crippen molar-refractivity contribution in [2.24, 2.45) is 0 Å². The van der Waals surface area contributed by atoms with Crippen LogP contribution in [0.3, 0.4) is 0 Å². The molecule has 7 heteroatoms. The molecule has 25 heavy (non-hydrogen) atoms. The van der Waals surface area contributed by atoms with Gasteiger partial charge in [0, 0.05) is 23.1 Å². The molecule has 0 fully saturated rings. The Balaban J connectivity index is 1.78. The molecule has 0 atom stereocenters. The molecule has 3 aromatic rings. The summed E-state index contributed by atoms with van der Waals surface area (Å²) in [6, 6.07) is 12.7. The number of carbonyl (C=O) groups excluding carboxylic acids is 1. The van der Waals surface area contributed by atoms with Gasteiger partial charge in [-0.05, 0) is 35.9 Å². The van der Waals surface area contributed by atoms with Crippen LogP contribution >= 0.6 is 27.5 Å². The van der Waals surface area contributed by atoms with Crippen LogP contribution < -0.4 is 5.56 Å². The molecule has 0 unspecified atom stereocenters. The summed E-state index contributed by atoms with van der Waals surface area (Å²) in [6.07, 6.45) is 1.39. The molecule has 1 aromatic heterocycles. The predicted molar refractivity (Wildman–Crippen MR) is 102 cm³/mol. The molecular weight excluding hydrogens is 406 g/mol. The second-order valence-electron chi connectivity index (χ2n) is 5.72. The first kappa shape index (κ1) is 17.6. The van der Waals surface area contributed by atoms with Crippen LogP contribution in [0, 0.1) is 0 Å². The number of hydrogen-bond donors (Lipinski definition) is 0. The normalized spacial score (nSPS) is 10.8. The fourth-order valence-corrected chi connectivity index (χ4v) is 2.90. The summed E-state index contributed by atoms with van der Waals surface area (Å²) < 4.78 is 2.29. The quantitative estimate of drug-likeness (QED) is 0.649. The molecule has 1 amide bonds. The van der Waals surface area contributed by atoms with E-state index in [1.165, 1.54) is 10.9 Å². The number of carbonyl (C=O) groups is 1. The Kier molecular flexibility index (Phi) is 5.20. The molecular formula is C18H15BrClN3O2. The van der Waals surface area contributed by atoms with Crippen LogP contribution in [0.1, 0.15) is 5.56 Å². The van der Waals surface area contributed by atoms with Gasteiger partial charge in [-0.25, -0.2) is 4.98 Å². The Hall–Kier alpha value is -2.18. The maximum absolute atomic E-state index is 12.5. The first-order valence-corrected chi connectivity index (χ1v) is 8.74. The summed E-state index contributed by atoms with van der Waals surface area (Å²) in [7, 11) is 1.71.